The second kappa shape index (κ2) is 6.78. The van der Waals surface area contributed by atoms with Crippen molar-refractivity contribution in [3.05, 3.63) is 66.8 Å². The molecule has 2 amide bonds. The van der Waals surface area contributed by atoms with E-state index >= 15 is 0 Å². The Hall–Kier alpha value is -3.41. The molecular weight excluding hydrogens is 306 g/mol. The molecule has 0 saturated heterocycles. The van der Waals surface area contributed by atoms with E-state index in [-0.39, 0.29) is 11.7 Å². The summed E-state index contributed by atoms with van der Waals surface area (Å²) in [6.07, 6.45) is 1.25. The van der Waals surface area contributed by atoms with Crippen LogP contribution >= 0.6 is 0 Å². The molecule has 2 N–H and O–H groups in total. The Labute approximate surface area is 138 Å². The molecule has 0 spiro atoms. The van der Waals surface area contributed by atoms with Crippen molar-refractivity contribution in [2.75, 3.05) is 10.6 Å². The Morgan fingerprint density at radius 3 is 2.17 bits per heavy atom. The average Bonchev–Trinajstić information content (AvgIpc) is 3.07. The number of carbonyl (C=O) groups excluding carboxylic acids is 2. The molecular formula is C18H15N3O3. The maximum atomic E-state index is 12.4. The number of hydrogen-bond acceptors (Lipinski definition) is 4. The smallest absolute Gasteiger partial charge is 0.293 e. The Morgan fingerprint density at radius 1 is 0.917 bits per heavy atom. The van der Waals surface area contributed by atoms with Crippen LogP contribution in [0.2, 0.25) is 0 Å². The standard InChI is InChI=1S/C18H15N3O3/c1-12(22)20-14-7-9-15(10-8-14)21-18(23)17-16(19-11-24-17)13-5-3-2-4-6-13/h2-11H,1H3,(H,20,22)(H,21,23). The fourth-order valence-corrected chi connectivity index (χ4v) is 2.24. The third-order valence-corrected chi connectivity index (χ3v) is 3.28. The van der Waals surface area contributed by atoms with Gasteiger partial charge in [-0.05, 0) is 24.3 Å². The van der Waals surface area contributed by atoms with E-state index in [0.29, 0.717) is 17.1 Å². The lowest BCUT2D eigenvalue weighted by Gasteiger charge is -2.06. The summed E-state index contributed by atoms with van der Waals surface area (Å²) < 4.78 is 5.25. The highest BCUT2D eigenvalue weighted by molar-refractivity contribution is 6.06. The first-order valence-electron chi connectivity index (χ1n) is 7.31. The van der Waals surface area contributed by atoms with Crippen LogP contribution in [0, 0.1) is 0 Å². The summed E-state index contributed by atoms with van der Waals surface area (Å²) in [5, 5.41) is 5.41. The molecule has 0 fully saturated rings. The minimum atomic E-state index is -0.390. The number of hydrogen-bond donors (Lipinski definition) is 2. The third-order valence-electron chi connectivity index (χ3n) is 3.28. The number of rotatable bonds is 4. The van der Waals surface area contributed by atoms with E-state index in [0.717, 1.165) is 5.56 Å². The summed E-state index contributed by atoms with van der Waals surface area (Å²) in [7, 11) is 0. The van der Waals surface area contributed by atoms with Crippen molar-refractivity contribution in [1.29, 1.82) is 0 Å². The van der Waals surface area contributed by atoms with Crippen molar-refractivity contribution in [3.63, 3.8) is 0 Å². The molecule has 0 saturated carbocycles. The van der Waals surface area contributed by atoms with Gasteiger partial charge in [0.25, 0.3) is 5.91 Å². The largest absolute Gasteiger partial charge is 0.438 e. The number of benzene rings is 2. The van der Waals surface area contributed by atoms with E-state index in [1.165, 1.54) is 13.3 Å². The SMILES string of the molecule is CC(=O)Nc1ccc(NC(=O)c2ocnc2-c2ccccc2)cc1. The highest BCUT2D eigenvalue weighted by atomic mass is 16.3. The number of aromatic nitrogens is 1. The normalized spacial score (nSPS) is 10.2. The summed E-state index contributed by atoms with van der Waals surface area (Å²) in [5.74, 6) is -0.397. The second-order valence-corrected chi connectivity index (χ2v) is 5.11. The number of carbonyl (C=O) groups is 2. The van der Waals surface area contributed by atoms with Crippen LogP contribution in [0.3, 0.4) is 0 Å². The number of anilines is 2. The Kier molecular flexibility index (Phi) is 4.38. The number of nitrogens with zero attached hydrogens (tertiary/aromatic N) is 1. The molecule has 1 heterocycles. The van der Waals surface area contributed by atoms with Gasteiger partial charge in [0.2, 0.25) is 11.7 Å². The van der Waals surface area contributed by atoms with E-state index in [1.807, 2.05) is 30.3 Å². The van der Waals surface area contributed by atoms with Crippen molar-refractivity contribution >= 4 is 23.2 Å². The fourth-order valence-electron chi connectivity index (χ4n) is 2.24. The molecule has 2 aromatic carbocycles. The molecule has 6 nitrogen and oxygen atoms in total. The van der Waals surface area contributed by atoms with Gasteiger partial charge in [0.05, 0.1) is 0 Å². The van der Waals surface area contributed by atoms with Crippen LogP contribution in [-0.4, -0.2) is 16.8 Å². The zero-order valence-corrected chi connectivity index (χ0v) is 12.9. The predicted octanol–water partition coefficient (Wildman–Crippen LogP) is 3.55. The molecule has 6 heteroatoms. The Morgan fingerprint density at radius 2 is 1.54 bits per heavy atom. The summed E-state index contributed by atoms with van der Waals surface area (Å²) in [6, 6.07) is 16.1. The van der Waals surface area contributed by atoms with E-state index in [2.05, 4.69) is 15.6 Å². The van der Waals surface area contributed by atoms with Gasteiger partial charge in [-0.1, -0.05) is 30.3 Å². The topological polar surface area (TPSA) is 84.2 Å². The zero-order chi connectivity index (χ0) is 16.9. The zero-order valence-electron chi connectivity index (χ0n) is 12.9. The van der Waals surface area contributed by atoms with Crippen LogP contribution < -0.4 is 10.6 Å². The van der Waals surface area contributed by atoms with Crippen LogP contribution in [0.15, 0.2) is 65.4 Å². The third kappa shape index (κ3) is 3.49. The van der Waals surface area contributed by atoms with Crippen molar-refractivity contribution in [1.82, 2.24) is 4.98 Å². The molecule has 0 aliphatic heterocycles. The van der Waals surface area contributed by atoms with E-state index in [9.17, 15) is 9.59 Å². The first-order valence-corrected chi connectivity index (χ1v) is 7.31. The average molecular weight is 321 g/mol. The van der Waals surface area contributed by atoms with Gasteiger partial charge in [0, 0.05) is 23.9 Å². The van der Waals surface area contributed by atoms with Gasteiger partial charge in [0.15, 0.2) is 6.39 Å². The van der Waals surface area contributed by atoms with Crippen molar-refractivity contribution < 1.29 is 14.0 Å². The summed E-state index contributed by atoms with van der Waals surface area (Å²) >= 11 is 0. The summed E-state index contributed by atoms with van der Waals surface area (Å²) in [5.41, 5.74) is 2.54. The van der Waals surface area contributed by atoms with Crippen LogP contribution in [-0.2, 0) is 4.79 Å². The van der Waals surface area contributed by atoms with Crippen molar-refractivity contribution in [3.8, 4) is 11.3 Å². The molecule has 0 radical (unpaired) electrons. The highest BCUT2D eigenvalue weighted by Gasteiger charge is 2.18. The molecule has 120 valence electrons. The number of amides is 2. The van der Waals surface area contributed by atoms with Crippen LogP contribution in [0.25, 0.3) is 11.3 Å². The number of nitrogens with one attached hydrogen (secondary N) is 2. The minimum absolute atomic E-state index is 0.145. The summed E-state index contributed by atoms with van der Waals surface area (Å²) in [6.45, 7) is 1.44. The second-order valence-electron chi connectivity index (χ2n) is 5.11. The lowest BCUT2D eigenvalue weighted by molar-refractivity contribution is -0.114. The van der Waals surface area contributed by atoms with Crippen molar-refractivity contribution in [2.24, 2.45) is 0 Å². The monoisotopic (exact) mass is 321 g/mol. The van der Waals surface area contributed by atoms with E-state index < -0.39 is 5.91 Å². The Bertz CT molecular complexity index is 855. The quantitative estimate of drug-likeness (QED) is 0.769. The van der Waals surface area contributed by atoms with Crippen LogP contribution in [0.4, 0.5) is 11.4 Å². The molecule has 0 unspecified atom stereocenters. The number of oxazole rings is 1. The minimum Gasteiger partial charge on any atom is -0.438 e. The van der Waals surface area contributed by atoms with Crippen molar-refractivity contribution in [2.45, 2.75) is 6.92 Å². The molecule has 1 aromatic heterocycles. The van der Waals surface area contributed by atoms with Crippen LogP contribution in [0.1, 0.15) is 17.5 Å². The van der Waals surface area contributed by atoms with E-state index in [4.69, 9.17) is 4.42 Å². The maximum absolute atomic E-state index is 12.4. The van der Waals surface area contributed by atoms with Gasteiger partial charge in [-0.3, -0.25) is 9.59 Å². The first-order chi connectivity index (χ1) is 11.6. The molecule has 0 aliphatic rings. The highest BCUT2D eigenvalue weighted by Crippen LogP contribution is 2.23. The van der Waals surface area contributed by atoms with Gasteiger partial charge >= 0.3 is 0 Å². The fraction of sp³-hybridized carbons (Fsp3) is 0.0556. The predicted molar refractivity (Wildman–Crippen MR) is 90.6 cm³/mol. The molecule has 3 aromatic rings. The first kappa shape index (κ1) is 15.5. The molecule has 3 rings (SSSR count). The molecule has 24 heavy (non-hydrogen) atoms. The molecule has 0 bridgehead atoms. The summed E-state index contributed by atoms with van der Waals surface area (Å²) in [4.78, 5) is 27.5. The van der Waals surface area contributed by atoms with Gasteiger partial charge in [-0.25, -0.2) is 4.98 Å². The van der Waals surface area contributed by atoms with Gasteiger partial charge in [-0.15, -0.1) is 0 Å². The maximum Gasteiger partial charge on any atom is 0.293 e. The molecule has 0 atom stereocenters. The molecule has 0 aliphatic carbocycles. The Balaban J connectivity index is 1.76. The van der Waals surface area contributed by atoms with Gasteiger partial charge in [0.1, 0.15) is 5.69 Å². The van der Waals surface area contributed by atoms with Crippen LogP contribution in [0.5, 0.6) is 0 Å². The lowest BCUT2D eigenvalue weighted by atomic mass is 10.1. The van der Waals surface area contributed by atoms with E-state index in [1.54, 1.807) is 24.3 Å². The lowest BCUT2D eigenvalue weighted by Crippen LogP contribution is -2.12. The van der Waals surface area contributed by atoms with Gasteiger partial charge < -0.3 is 15.1 Å². The van der Waals surface area contributed by atoms with Gasteiger partial charge in [-0.2, -0.15) is 0 Å².